The Balaban J connectivity index is 5.61. The molecule has 4 atom stereocenters. The average molecular weight is 503 g/mol. The minimum absolute atomic E-state index is 0.0383. The summed E-state index contributed by atoms with van der Waals surface area (Å²) in [5.74, 6) is -6.09. The number of carbonyl (C=O) groups excluding carboxylic acids is 4. The second kappa shape index (κ2) is 15.8. The summed E-state index contributed by atoms with van der Waals surface area (Å²) in [6.07, 6.45) is -1.19. The van der Waals surface area contributed by atoms with Gasteiger partial charge in [-0.05, 0) is 32.6 Å². The third-order valence-electron chi connectivity index (χ3n) is 4.57. The zero-order valence-corrected chi connectivity index (χ0v) is 19.4. The number of rotatable bonds is 17. The van der Waals surface area contributed by atoms with Gasteiger partial charge < -0.3 is 49.1 Å². The first-order valence-electron chi connectivity index (χ1n) is 10.7. The lowest BCUT2D eigenvalue weighted by molar-refractivity contribution is -0.143. The summed E-state index contributed by atoms with van der Waals surface area (Å²) in [7, 11) is 0. The SMILES string of the molecule is CC(N)C(=O)NC(CCC(N)=O)C(=O)NC(CCCN=C(N)N)C(=O)NC(CCC(=O)O)C(=O)O. The second-order valence-electron chi connectivity index (χ2n) is 7.70. The monoisotopic (exact) mass is 502 g/mol. The van der Waals surface area contributed by atoms with Gasteiger partial charge in [-0.1, -0.05) is 0 Å². The predicted molar refractivity (Wildman–Crippen MR) is 122 cm³/mol. The van der Waals surface area contributed by atoms with E-state index >= 15 is 0 Å². The normalized spacial score (nSPS) is 13.9. The third kappa shape index (κ3) is 14.0. The molecule has 0 heterocycles. The van der Waals surface area contributed by atoms with E-state index in [0.29, 0.717) is 0 Å². The molecule has 16 nitrogen and oxygen atoms in total. The van der Waals surface area contributed by atoms with Crippen molar-refractivity contribution in [2.24, 2.45) is 27.9 Å². The highest BCUT2D eigenvalue weighted by Gasteiger charge is 2.30. The molecule has 0 aliphatic carbocycles. The smallest absolute Gasteiger partial charge is 0.326 e. The van der Waals surface area contributed by atoms with Gasteiger partial charge in [0.25, 0.3) is 0 Å². The number of guanidine groups is 1. The van der Waals surface area contributed by atoms with Gasteiger partial charge in [-0.25, -0.2) is 4.79 Å². The van der Waals surface area contributed by atoms with Gasteiger partial charge >= 0.3 is 11.9 Å². The van der Waals surface area contributed by atoms with E-state index < -0.39 is 72.6 Å². The summed E-state index contributed by atoms with van der Waals surface area (Å²) in [5.41, 5.74) is 21.1. The fraction of sp³-hybridized carbons (Fsp3) is 0.632. The van der Waals surface area contributed by atoms with E-state index in [1.54, 1.807) is 0 Å². The molecule has 0 saturated heterocycles. The minimum Gasteiger partial charge on any atom is -0.481 e. The lowest BCUT2D eigenvalue weighted by atomic mass is 10.1. The number of nitrogens with zero attached hydrogens (tertiary/aromatic N) is 1. The highest BCUT2D eigenvalue weighted by molar-refractivity contribution is 5.94. The molecule has 198 valence electrons. The minimum atomic E-state index is -1.53. The zero-order chi connectivity index (χ0) is 27.1. The Morgan fingerprint density at radius 2 is 1.26 bits per heavy atom. The Morgan fingerprint density at radius 1 is 0.771 bits per heavy atom. The van der Waals surface area contributed by atoms with Crippen LogP contribution < -0.4 is 38.9 Å². The van der Waals surface area contributed by atoms with Crippen molar-refractivity contribution in [1.82, 2.24) is 16.0 Å². The largest absolute Gasteiger partial charge is 0.481 e. The quantitative estimate of drug-likeness (QED) is 0.0525. The summed E-state index contributed by atoms with van der Waals surface area (Å²) < 4.78 is 0. The van der Waals surface area contributed by atoms with Crippen LogP contribution in [0.25, 0.3) is 0 Å². The van der Waals surface area contributed by atoms with Crippen LogP contribution in [-0.2, 0) is 28.8 Å². The molecule has 0 aromatic rings. The number of amides is 4. The van der Waals surface area contributed by atoms with Crippen LogP contribution in [-0.4, -0.2) is 82.5 Å². The molecule has 0 aromatic heterocycles. The molecule has 0 spiro atoms. The van der Waals surface area contributed by atoms with Gasteiger partial charge in [-0.15, -0.1) is 0 Å². The van der Waals surface area contributed by atoms with Crippen LogP contribution in [0.4, 0.5) is 0 Å². The van der Waals surface area contributed by atoms with Crippen molar-refractivity contribution in [3.8, 4) is 0 Å². The molecule has 0 saturated carbocycles. The molecule has 13 N–H and O–H groups in total. The summed E-state index contributed by atoms with van der Waals surface area (Å²) in [6.45, 7) is 1.47. The molecule has 0 rings (SSSR count). The van der Waals surface area contributed by atoms with Crippen LogP contribution in [0.1, 0.15) is 45.4 Å². The number of carbonyl (C=O) groups is 6. The fourth-order valence-electron chi connectivity index (χ4n) is 2.70. The van der Waals surface area contributed by atoms with Crippen LogP contribution in [0.3, 0.4) is 0 Å². The summed E-state index contributed by atoms with van der Waals surface area (Å²) in [5, 5.41) is 25.0. The summed E-state index contributed by atoms with van der Waals surface area (Å²) in [6, 6.07) is -5.06. The number of primary amides is 1. The molecular weight excluding hydrogens is 468 g/mol. The van der Waals surface area contributed by atoms with Crippen molar-refractivity contribution in [1.29, 1.82) is 0 Å². The van der Waals surface area contributed by atoms with Crippen LogP contribution in [0, 0.1) is 0 Å². The van der Waals surface area contributed by atoms with E-state index in [-0.39, 0.29) is 38.2 Å². The first-order valence-corrected chi connectivity index (χ1v) is 10.7. The lowest BCUT2D eigenvalue weighted by Gasteiger charge is -2.24. The molecule has 0 aliphatic rings. The number of nitrogens with two attached hydrogens (primary N) is 4. The number of aliphatic imine (C=N–C) groups is 1. The van der Waals surface area contributed by atoms with Crippen molar-refractivity contribution < 1.29 is 39.0 Å². The van der Waals surface area contributed by atoms with Gasteiger partial charge in [0, 0.05) is 19.4 Å². The van der Waals surface area contributed by atoms with Crippen LogP contribution in [0.2, 0.25) is 0 Å². The third-order valence-corrected chi connectivity index (χ3v) is 4.57. The Labute approximate surface area is 201 Å². The molecule has 0 fully saturated rings. The molecule has 35 heavy (non-hydrogen) atoms. The zero-order valence-electron chi connectivity index (χ0n) is 19.4. The maximum Gasteiger partial charge on any atom is 0.326 e. The standard InChI is InChI=1S/C19H34N8O8/c1-9(20)15(31)25-11(4-6-13(21)28)17(33)26-10(3-2-8-24-19(22)23)16(32)27-12(18(34)35)5-7-14(29)30/h9-12H,2-8,20H2,1H3,(H2,21,28)(H,25,31)(H,26,33)(H,27,32)(H,29,30)(H,34,35)(H4,22,23,24). The Hall–Kier alpha value is -3.95. The van der Waals surface area contributed by atoms with Crippen molar-refractivity contribution >= 4 is 41.5 Å². The van der Waals surface area contributed by atoms with Crippen LogP contribution in [0.5, 0.6) is 0 Å². The van der Waals surface area contributed by atoms with E-state index in [9.17, 15) is 33.9 Å². The van der Waals surface area contributed by atoms with Crippen molar-refractivity contribution in [3.05, 3.63) is 0 Å². The maximum atomic E-state index is 12.8. The number of hydrogen-bond acceptors (Lipinski definition) is 8. The Kier molecular flexibility index (Phi) is 14.0. The van der Waals surface area contributed by atoms with E-state index in [4.69, 9.17) is 28.0 Å². The molecule has 4 unspecified atom stereocenters. The fourth-order valence-corrected chi connectivity index (χ4v) is 2.70. The van der Waals surface area contributed by atoms with Gasteiger partial charge in [0.05, 0.1) is 6.04 Å². The van der Waals surface area contributed by atoms with Crippen molar-refractivity contribution in [2.75, 3.05) is 6.54 Å². The van der Waals surface area contributed by atoms with Gasteiger partial charge in [0.15, 0.2) is 5.96 Å². The average Bonchev–Trinajstić information content (AvgIpc) is 2.74. The number of nitrogens with one attached hydrogen (secondary N) is 3. The molecule has 16 heteroatoms. The van der Waals surface area contributed by atoms with E-state index in [1.165, 1.54) is 6.92 Å². The Morgan fingerprint density at radius 3 is 1.71 bits per heavy atom. The highest BCUT2D eigenvalue weighted by Crippen LogP contribution is 2.06. The van der Waals surface area contributed by atoms with E-state index in [0.717, 1.165) is 0 Å². The Bertz CT molecular complexity index is 813. The van der Waals surface area contributed by atoms with E-state index in [1.807, 2.05) is 0 Å². The second-order valence-corrected chi connectivity index (χ2v) is 7.70. The van der Waals surface area contributed by atoms with Crippen molar-refractivity contribution in [2.45, 2.75) is 69.6 Å². The molecule has 0 aromatic carbocycles. The molecular formula is C19H34N8O8. The van der Waals surface area contributed by atoms with Gasteiger partial charge in [-0.3, -0.25) is 29.0 Å². The molecule has 0 radical (unpaired) electrons. The number of carboxylic acid groups (broad SMARTS) is 2. The topological polar surface area (TPSA) is 295 Å². The van der Waals surface area contributed by atoms with Crippen LogP contribution >= 0.6 is 0 Å². The van der Waals surface area contributed by atoms with Crippen molar-refractivity contribution in [3.63, 3.8) is 0 Å². The van der Waals surface area contributed by atoms with E-state index in [2.05, 4.69) is 20.9 Å². The first-order chi connectivity index (χ1) is 16.2. The molecule has 0 bridgehead atoms. The van der Waals surface area contributed by atoms with Crippen LogP contribution in [0.15, 0.2) is 4.99 Å². The van der Waals surface area contributed by atoms with Gasteiger partial charge in [-0.2, -0.15) is 0 Å². The summed E-state index contributed by atoms with van der Waals surface area (Å²) >= 11 is 0. The number of hydrogen-bond donors (Lipinski definition) is 9. The first kappa shape index (κ1) is 31.0. The van der Waals surface area contributed by atoms with Gasteiger partial charge in [0.1, 0.15) is 18.1 Å². The predicted octanol–water partition coefficient (Wildman–Crippen LogP) is -3.94. The highest BCUT2D eigenvalue weighted by atomic mass is 16.4. The summed E-state index contributed by atoms with van der Waals surface area (Å²) in [4.78, 5) is 74.7. The number of carboxylic acids is 2. The molecule has 0 aliphatic heterocycles. The molecule has 4 amide bonds. The lowest BCUT2D eigenvalue weighted by Crippen LogP contribution is -2.57. The number of aliphatic carboxylic acids is 2. The van der Waals surface area contributed by atoms with Gasteiger partial charge in [0.2, 0.25) is 23.6 Å². The maximum absolute atomic E-state index is 12.8.